The van der Waals surface area contributed by atoms with Gasteiger partial charge in [0.15, 0.2) is 0 Å². The van der Waals surface area contributed by atoms with Gasteiger partial charge < -0.3 is 20.5 Å². The van der Waals surface area contributed by atoms with Crippen LogP contribution in [0.4, 0.5) is 5.69 Å². The lowest BCUT2D eigenvalue weighted by Gasteiger charge is -2.33. The molecule has 1 heterocycles. The van der Waals surface area contributed by atoms with Crippen LogP contribution in [-0.2, 0) is 9.59 Å². The second kappa shape index (κ2) is 4.89. The molecule has 0 aromatic heterocycles. The Kier molecular flexibility index (Phi) is 3.44. The number of nitrogens with one attached hydrogen (secondary N) is 2. The van der Waals surface area contributed by atoms with E-state index >= 15 is 0 Å². The topological polar surface area (TPSA) is 87.7 Å². The lowest BCUT2D eigenvalue weighted by atomic mass is 10.0. The van der Waals surface area contributed by atoms with Crippen LogP contribution < -0.4 is 15.4 Å². The van der Waals surface area contributed by atoms with Crippen LogP contribution >= 0.6 is 0 Å². The highest BCUT2D eigenvalue weighted by molar-refractivity contribution is 6.15. The lowest BCUT2D eigenvalue weighted by Crippen LogP contribution is -2.59. The summed E-state index contributed by atoms with van der Waals surface area (Å²) in [4.78, 5) is 24.0. The highest BCUT2D eigenvalue weighted by atomic mass is 16.5. The van der Waals surface area contributed by atoms with E-state index in [1.54, 1.807) is 12.1 Å². The third kappa shape index (κ3) is 2.39. The van der Waals surface area contributed by atoms with Crippen LogP contribution in [-0.4, -0.2) is 35.7 Å². The van der Waals surface area contributed by atoms with Crippen LogP contribution in [0, 0.1) is 6.92 Å². The fourth-order valence-electron chi connectivity index (χ4n) is 1.83. The molecule has 0 aliphatic carbocycles. The third-order valence-corrected chi connectivity index (χ3v) is 2.96. The average molecular weight is 264 g/mol. The number of fused-ring (bicyclic) bond motifs is 1. The molecule has 3 N–H and O–H groups in total. The summed E-state index contributed by atoms with van der Waals surface area (Å²) >= 11 is 0. The van der Waals surface area contributed by atoms with Crippen molar-refractivity contribution < 1.29 is 19.4 Å². The van der Waals surface area contributed by atoms with Gasteiger partial charge in [0, 0.05) is 6.54 Å². The van der Waals surface area contributed by atoms with Crippen molar-refractivity contribution in [2.45, 2.75) is 19.4 Å². The summed E-state index contributed by atoms with van der Waals surface area (Å²) in [5.74, 6) is -0.654. The van der Waals surface area contributed by atoms with Crippen LogP contribution in [0.3, 0.4) is 0 Å². The summed E-state index contributed by atoms with van der Waals surface area (Å²) in [7, 11) is 0. The molecule has 1 aliphatic heterocycles. The van der Waals surface area contributed by atoms with Gasteiger partial charge in [-0.1, -0.05) is 6.07 Å². The van der Waals surface area contributed by atoms with Gasteiger partial charge in [0.05, 0.1) is 12.3 Å². The van der Waals surface area contributed by atoms with Crippen LogP contribution in [0.25, 0.3) is 0 Å². The second-order valence-corrected chi connectivity index (χ2v) is 4.57. The first-order chi connectivity index (χ1) is 8.97. The fourth-order valence-corrected chi connectivity index (χ4v) is 1.83. The number of hydrogen-bond acceptors (Lipinski definition) is 4. The molecule has 6 nitrogen and oxygen atoms in total. The van der Waals surface area contributed by atoms with Crippen LogP contribution in [0.5, 0.6) is 5.75 Å². The van der Waals surface area contributed by atoms with Crippen LogP contribution in [0.1, 0.15) is 12.5 Å². The van der Waals surface area contributed by atoms with Crippen LogP contribution in [0.2, 0.25) is 0 Å². The molecule has 6 heteroatoms. The predicted octanol–water partition coefficient (Wildman–Crippen LogP) is 0.193. The smallest absolute Gasteiger partial charge is 0.278 e. The standard InChI is InChI=1S/C13H16N2O4/c1-8-3-4-10-9(7-8)15-12(18)13(2,19-10)11(17)14-5-6-16/h3-4,7,16H,5-6H2,1-2H3,(H,14,17)(H,15,18). The Balaban J connectivity index is 2.27. The van der Waals surface area contributed by atoms with E-state index < -0.39 is 17.4 Å². The number of benzene rings is 1. The first kappa shape index (κ1) is 13.4. The molecule has 0 saturated heterocycles. The molecule has 0 radical (unpaired) electrons. The molecular weight excluding hydrogens is 248 g/mol. The van der Waals surface area contributed by atoms with Crippen LogP contribution in [0.15, 0.2) is 18.2 Å². The van der Waals surface area contributed by atoms with Gasteiger partial charge in [0.1, 0.15) is 5.75 Å². The van der Waals surface area contributed by atoms with Crippen molar-refractivity contribution in [2.75, 3.05) is 18.5 Å². The Morgan fingerprint density at radius 2 is 2.26 bits per heavy atom. The summed E-state index contributed by atoms with van der Waals surface area (Å²) in [5, 5.41) is 13.8. The molecule has 2 rings (SSSR count). The zero-order valence-electron chi connectivity index (χ0n) is 10.8. The maximum Gasteiger partial charge on any atom is 0.278 e. The summed E-state index contributed by atoms with van der Waals surface area (Å²) in [6, 6.07) is 5.32. The van der Waals surface area contributed by atoms with Gasteiger partial charge in [-0.05, 0) is 31.5 Å². The molecule has 1 aromatic rings. The first-order valence-corrected chi connectivity index (χ1v) is 5.97. The zero-order valence-corrected chi connectivity index (χ0v) is 10.8. The third-order valence-electron chi connectivity index (χ3n) is 2.96. The van der Waals surface area contributed by atoms with Gasteiger partial charge in [-0.25, -0.2) is 0 Å². The molecule has 1 aromatic carbocycles. The minimum Gasteiger partial charge on any atom is -0.466 e. The quantitative estimate of drug-likeness (QED) is 0.680. The molecule has 0 fully saturated rings. The maximum atomic E-state index is 12.0. The number of anilines is 1. The van der Waals surface area contributed by atoms with Gasteiger partial charge in [-0.15, -0.1) is 0 Å². The van der Waals surface area contributed by atoms with Crippen molar-refractivity contribution in [3.05, 3.63) is 23.8 Å². The molecule has 0 spiro atoms. The molecule has 0 bridgehead atoms. The monoisotopic (exact) mass is 264 g/mol. The minimum absolute atomic E-state index is 0.0752. The highest BCUT2D eigenvalue weighted by Crippen LogP contribution is 2.34. The fraction of sp³-hybridized carbons (Fsp3) is 0.385. The molecule has 2 amide bonds. The Morgan fingerprint density at radius 3 is 2.95 bits per heavy atom. The number of rotatable bonds is 3. The number of amides is 2. The molecule has 0 saturated carbocycles. The van der Waals surface area contributed by atoms with E-state index in [1.807, 2.05) is 13.0 Å². The molecule has 1 atom stereocenters. The van der Waals surface area contributed by atoms with Gasteiger partial charge in [-0.2, -0.15) is 0 Å². The van der Waals surface area contributed by atoms with Gasteiger partial charge >= 0.3 is 0 Å². The molecule has 19 heavy (non-hydrogen) atoms. The number of hydrogen-bond donors (Lipinski definition) is 3. The Hall–Kier alpha value is -2.08. The summed E-state index contributed by atoms with van der Waals surface area (Å²) in [6.07, 6.45) is 0. The molecule has 102 valence electrons. The molecule has 1 unspecified atom stereocenters. The van der Waals surface area contributed by atoms with Gasteiger partial charge in [0.2, 0.25) is 0 Å². The first-order valence-electron chi connectivity index (χ1n) is 5.97. The summed E-state index contributed by atoms with van der Waals surface area (Å²) in [5.41, 5.74) is -0.0920. The van der Waals surface area contributed by atoms with Crippen molar-refractivity contribution in [3.63, 3.8) is 0 Å². The number of aliphatic hydroxyl groups excluding tert-OH is 1. The van der Waals surface area contributed by atoms with E-state index in [4.69, 9.17) is 9.84 Å². The van der Waals surface area contributed by atoms with E-state index in [-0.39, 0.29) is 13.2 Å². The normalized spacial score (nSPS) is 21.1. The van der Waals surface area contributed by atoms with Gasteiger partial charge in [0.25, 0.3) is 17.4 Å². The minimum atomic E-state index is -1.63. The molecule has 1 aliphatic rings. The highest BCUT2D eigenvalue weighted by Gasteiger charge is 2.47. The lowest BCUT2D eigenvalue weighted by molar-refractivity contribution is -0.146. The number of carbonyl (C=O) groups is 2. The predicted molar refractivity (Wildman–Crippen MR) is 68.9 cm³/mol. The van der Waals surface area contributed by atoms with Crippen molar-refractivity contribution in [1.29, 1.82) is 0 Å². The largest absolute Gasteiger partial charge is 0.466 e. The number of carbonyl (C=O) groups excluding carboxylic acids is 2. The van der Waals surface area contributed by atoms with E-state index in [2.05, 4.69) is 10.6 Å². The second-order valence-electron chi connectivity index (χ2n) is 4.57. The number of aliphatic hydroxyl groups is 1. The summed E-state index contributed by atoms with van der Waals surface area (Å²) < 4.78 is 5.54. The van der Waals surface area contributed by atoms with E-state index in [9.17, 15) is 9.59 Å². The number of ether oxygens (including phenoxy) is 1. The average Bonchev–Trinajstić information content (AvgIpc) is 2.37. The number of aryl methyl sites for hydroxylation is 1. The SMILES string of the molecule is Cc1ccc2c(c1)NC(=O)C(C)(C(=O)NCCO)O2. The Bertz CT molecular complexity index is 529. The van der Waals surface area contributed by atoms with Crippen molar-refractivity contribution in [1.82, 2.24) is 5.32 Å². The van der Waals surface area contributed by atoms with Crippen molar-refractivity contribution >= 4 is 17.5 Å². The van der Waals surface area contributed by atoms with E-state index in [1.165, 1.54) is 6.92 Å². The Morgan fingerprint density at radius 1 is 1.53 bits per heavy atom. The van der Waals surface area contributed by atoms with E-state index in [0.29, 0.717) is 11.4 Å². The van der Waals surface area contributed by atoms with Gasteiger partial charge in [-0.3, -0.25) is 9.59 Å². The Labute approximate surface area is 110 Å². The van der Waals surface area contributed by atoms with Crippen molar-refractivity contribution in [2.24, 2.45) is 0 Å². The summed E-state index contributed by atoms with van der Waals surface area (Å²) in [6.45, 7) is 3.18. The van der Waals surface area contributed by atoms with E-state index in [0.717, 1.165) is 5.56 Å². The molecular formula is C13H16N2O4. The zero-order chi connectivity index (χ0) is 14.0. The van der Waals surface area contributed by atoms with Crippen molar-refractivity contribution in [3.8, 4) is 5.75 Å². The maximum absolute atomic E-state index is 12.0.